The minimum Gasteiger partial charge on any atom is -0.443 e. The van der Waals surface area contributed by atoms with Gasteiger partial charge in [0.1, 0.15) is 5.52 Å². The van der Waals surface area contributed by atoms with Gasteiger partial charge in [0.05, 0.1) is 6.04 Å². The number of fused-ring (bicyclic) bond motifs is 1. The molecule has 0 spiro atoms. The molecule has 1 unspecified atom stereocenters. The number of hydrogen-bond donors (Lipinski definition) is 2. The van der Waals surface area contributed by atoms with Crippen molar-refractivity contribution in [1.29, 1.82) is 0 Å². The molecule has 0 fully saturated rings. The average Bonchev–Trinajstić information content (AvgIpc) is 2.75. The van der Waals surface area contributed by atoms with E-state index in [-0.39, 0.29) is 5.91 Å². The molecular formula is C12H15N3O2. The van der Waals surface area contributed by atoms with E-state index in [9.17, 15) is 4.79 Å². The summed E-state index contributed by atoms with van der Waals surface area (Å²) in [5, 5.41) is 2.76. The van der Waals surface area contributed by atoms with Crippen LogP contribution >= 0.6 is 0 Å². The molecule has 0 aliphatic carbocycles. The van der Waals surface area contributed by atoms with Gasteiger partial charge in [-0.25, -0.2) is 4.98 Å². The van der Waals surface area contributed by atoms with E-state index in [1.54, 1.807) is 6.92 Å². The molecular weight excluding hydrogens is 218 g/mol. The van der Waals surface area contributed by atoms with Crippen molar-refractivity contribution in [2.45, 2.75) is 19.4 Å². The maximum Gasteiger partial charge on any atom is 0.236 e. The van der Waals surface area contributed by atoms with E-state index in [0.29, 0.717) is 6.54 Å². The maximum absolute atomic E-state index is 11.2. The Balaban J connectivity index is 1.92. The van der Waals surface area contributed by atoms with E-state index in [1.165, 1.54) is 6.39 Å². The Morgan fingerprint density at radius 2 is 2.41 bits per heavy atom. The predicted octanol–water partition coefficient (Wildman–Crippen LogP) is 0.834. The summed E-state index contributed by atoms with van der Waals surface area (Å²) in [4.78, 5) is 15.3. The van der Waals surface area contributed by atoms with Crippen LogP contribution in [0.1, 0.15) is 12.5 Å². The van der Waals surface area contributed by atoms with Crippen LogP contribution in [0.25, 0.3) is 11.1 Å². The lowest BCUT2D eigenvalue weighted by Crippen LogP contribution is -2.39. The van der Waals surface area contributed by atoms with Gasteiger partial charge in [0, 0.05) is 6.54 Å². The van der Waals surface area contributed by atoms with Crippen LogP contribution in [0.2, 0.25) is 0 Å². The molecule has 3 N–H and O–H groups in total. The SMILES string of the molecule is CC(N)C(=O)NCCc1ccc2ncoc2c1. The number of carbonyl (C=O) groups is 1. The monoisotopic (exact) mass is 233 g/mol. The summed E-state index contributed by atoms with van der Waals surface area (Å²) in [6, 6.07) is 5.34. The standard InChI is InChI=1S/C12H15N3O2/c1-8(13)12(16)14-5-4-9-2-3-10-11(6-9)17-7-15-10/h2-3,6-8H,4-5,13H2,1H3,(H,14,16). The number of nitrogens with two attached hydrogens (primary N) is 1. The number of hydrogen-bond acceptors (Lipinski definition) is 4. The Hall–Kier alpha value is -1.88. The van der Waals surface area contributed by atoms with Crippen LogP contribution < -0.4 is 11.1 Å². The Bertz CT molecular complexity index is 519. The molecule has 0 saturated carbocycles. The van der Waals surface area contributed by atoms with Crippen LogP contribution in [-0.4, -0.2) is 23.5 Å². The summed E-state index contributed by atoms with van der Waals surface area (Å²) in [7, 11) is 0. The molecule has 1 heterocycles. The lowest BCUT2D eigenvalue weighted by Gasteiger charge is -2.07. The molecule has 1 atom stereocenters. The van der Waals surface area contributed by atoms with Crippen LogP contribution in [0.15, 0.2) is 29.0 Å². The van der Waals surface area contributed by atoms with E-state index in [4.69, 9.17) is 10.2 Å². The molecule has 90 valence electrons. The first-order valence-corrected chi connectivity index (χ1v) is 5.52. The fourth-order valence-corrected chi connectivity index (χ4v) is 1.55. The Morgan fingerprint density at radius 3 is 3.18 bits per heavy atom. The molecule has 0 aliphatic rings. The number of oxazole rings is 1. The van der Waals surface area contributed by atoms with Gasteiger partial charge >= 0.3 is 0 Å². The number of nitrogens with one attached hydrogen (secondary N) is 1. The van der Waals surface area contributed by atoms with Crippen molar-refractivity contribution in [1.82, 2.24) is 10.3 Å². The van der Waals surface area contributed by atoms with E-state index in [0.717, 1.165) is 23.1 Å². The number of aromatic nitrogens is 1. The number of nitrogens with zero attached hydrogens (tertiary/aromatic N) is 1. The van der Waals surface area contributed by atoms with Crippen molar-refractivity contribution in [2.24, 2.45) is 5.73 Å². The zero-order valence-electron chi connectivity index (χ0n) is 9.64. The second kappa shape index (κ2) is 4.97. The van der Waals surface area contributed by atoms with E-state index < -0.39 is 6.04 Å². The predicted molar refractivity (Wildman–Crippen MR) is 64.4 cm³/mol. The molecule has 0 radical (unpaired) electrons. The van der Waals surface area contributed by atoms with Crippen molar-refractivity contribution >= 4 is 17.0 Å². The van der Waals surface area contributed by atoms with Gasteiger partial charge < -0.3 is 15.5 Å². The Kier molecular flexibility index (Phi) is 3.39. The zero-order valence-corrected chi connectivity index (χ0v) is 9.64. The summed E-state index contributed by atoms with van der Waals surface area (Å²) >= 11 is 0. The molecule has 1 aromatic carbocycles. The summed E-state index contributed by atoms with van der Waals surface area (Å²) in [6.45, 7) is 2.23. The smallest absolute Gasteiger partial charge is 0.236 e. The molecule has 2 rings (SSSR count). The van der Waals surface area contributed by atoms with E-state index in [1.807, 2.05) is 18.2 Å². The van der Waals surface area contributed by atoms with Crippen molar-refractivity contribution in [2.75, 3.05) is 6.54 Å². The van der Waals surface area contributed by atoms with Crippen molar-refractivity contribution < 1.29 is 9.21 Å². The second-order valence-electron chi connectivity index (χ2n) is 3.98. The van der Waals surface area contributed by atoms with Gasteiger partial charge in [0.2, 0.25) is 5.91 Å². The lowest BCUT2D eigenvalue weighted by atomic mass is 10.1. The normalized spacial score (nSPS) is 12.6. The van der Waals surface area contributed by atoms with Crippen molar-refractivity contribution in [3.8, 4) is 0 Å². The molecule has 2 aromatic rings. The molecule has 0 bridgehead atoms. The molecule has 1 aromatic heterocycles. The third-order valence-electron chi connectivity index (χ3n) is 2.52. The van der Waals surface area contributed by atoms with Gasteiger partial charge in [0.15, 0.2) is 12.0 Å². The Labute approximate surface area is 99.0 Å². The van der Waals surface area contributed by atoms with Crippen molar-refractivity contribution in [3.05, 3.63) is 30.2 Å². The molecule has 5 nitrogen and oxygen atoms in total. The summed E-state index contributed by atoms with van der Waals surface area (Å²) in [5.74, 6) is -0.134. The molecule has 0 aliphatic heterocycles. The molecule has 5 heteroatoms. The summed E-state index contributed by atoms with van der Waals surface area (Å²) in [6.07, 6.45) is 2.17. The van der Waals surface area contributed by atoms with Gasteiger partial charge in [-0.15, -0.1) is 0 Å². The van der Waals surface area contributed by atoms with Crippen LogP contribution in [0.3, 0.4) is 0 Å². The largest absolute Gasteiger partial charge is 0.443 e. The highest BCUT2D eigenvalue weighted by Gasteiger charge is 2.06. The molecule has 17 heavy (non-hydrogen) atoms. The first kappa shape index (κ1) is 11.6. The van der Waals surface area contributed by atoms with Crippen LogP contribution in [0.4, 0.5) is 0 Å². The minimum atomic E-state index is -0.466. The molecule has 1 amide bonds. The summed E-state index contributed by atoms with van der Waals surface area (Å²) in [5.41, 5.74) is 8.14. The average molecular weight is 233 g/mol. The van der Waals surface area contributed by atoms with Gasteiger partial charge in [0.25, 0.3) is 0 Å². The minimum absolute atomic E-state index is 0.134. The maximum atomic E-state index is 11.2. The number of amides is 1. The Morgan fingerprint density at radius 1 is 1.59 bits per heavy atom. The highest BCUT2D eigenvalue weighted by molar-refractivity contribution is 5.81. The lowest BCUT2D eigenvalue weighted by molar-refractivity contribution is -0.121. The fourth-order valence-electron chi connectivity index (χ4n) is 1.55. The zero-order chi connectivity index (χ0) is 12.3. The van der Waals surface area contributed by atoms with Crippen LogP contribution in [-0.2, 0) is 11.2 Å². The van der Waals surface area contributed by atoms with Gasteiger partial charge in [-0.1, -0.05) is 6.07 Å². The van der Waals surface area contributed by atoms with Gasteiger partial charge in [-0.3, -0.25) is 4.79 Å². The van der Waals surface area contributed by atoms with Crippen LogP contribution in [0.5, 0.6) is 0 Å². The number of rotatable bonds is 4. The first-order valence-electron chi connectivity index (χ1n) is 5.52. The topological polar surface area (TPSA) is 81.2 Å². The van der Waals surface area contributed by atoms with Crippen molar-refractivity contribution in [3.63, 3.8) is 0 Å². The highest BCUT2D eigenvalue weighted by Crippen LogP contribution is 2.14. The third-order valence-corrected chi connectivity index (χ3v) is 2.52. The van der Waals surface area contributed by atoms with E-state index in [2.05, 4.69) is 10.3 Å². The number of carbonyl (C=O) groups excluding carboxylic acids is 1. The first-order chi connectivity index (χ1) is 8.16. The fraction of sp³-hybridized carbons (Fsp3) is 0.333. The highest BCUT2D eigenvalue weighted by atomic mass is 16.3. The van der Waals surface area contributed by atoms with E-state index >= 15 is 0 Å². The number of benzene rings is 1. The van der Waals surface area contributed by atoms with Gasteiger partial charge in [-0.05, 0) is 31.0 Å². The third kappa shape index (κ3) is 2.82. The quantitative estimate of drug-likeness (QED) is 0.819. The summed E-state index contributed by atoms with van der Waals surface area (Å²) < 4.78 is 5.21. The second-order valence-corrected chi connectivity index (χ2v) is 3.98. The van der Waals surface area contributed by atoms with Gasteiger partial charge in [-0.2, -0.15) is 0 Å². The molecule has 0 saturated heterocycles. The van der Waals surface area contributed by atoms with Crippen LogP contribution in [0, 0.1) is 0 Å².